The van der Waals surface area contributed by atoms with Crippen LogP contribution in [0.3, 0.4) is 0 Å². The molecule has 3 rings (SSSR count). The summed E-state index contributed by atoms with van der Waals surface area (Å²) < 4.78 is 38.1. The Labute approximate surface area is 194 Å². The molecule has 7 nitrogen and oxygen atoms in total. The summed E-state index contributed by atoms with van der Waals surface area (Å²) >= 11 is 1.37. The van der Waals surface area contributed by atoms with Gasteiger partial charge in [-0.1, -0.05) is 32.9 Å². The molecule has 174 valence electrons. The van der Waals surface area contributed by atoms with E-state index in [1.807, 2.05) is 32.2 Å². The zero-order chi connectivity index (χ0) is 24.0. The van der Waals surface area contributed by atoms with Gasteiger partial charge in [0, 0.05) is 23.7 Å². The first-order valence-corrected chi connectivity index (χ1v) is 11.1. The van der Waals surface area contributed by atoms with Gasteiger partial charge in [-0.05, 0) is 23.6 Å². The largest absolute Gasteiger partial charge is 0.489 e. The van der Waals surface area contributed by atoms with E-state index in [0.717, 1.165) is 0 Å². The van der Waals surface area contributed by atoms with Crippen molar-refractivity contribution in [3.05, 3.63) is 46.7 Å². The molecule has 0 saturated carbocycles. The molecule has 2 heterocycles. The standard InChI is InChI=1S/C23H24F2N4O3S/c1-23(2,3)14-31-19-15(6-4-7-17(19)32-21(24)25)8-9-16-18(20(30)27-11-5-10-26)29-12-13-33-22(29)28-16/h4,6-9,12-13,21H,5,11,14H2,1-3H3,(H,27,30). The second-order valence-electron chi connectivity index (χ2n) is 8.30. The number of thiazole rings is 1. The van der Waals surface area contributed by atoms with E-state index < -0.39 is 6.61 Å². The van der Waals surface area contributed by atoms with Crippen molar-refractivity contribution >= 4 is 34.4 Å². The van der Waals surface area contributed by atoms with Crippen LogP contribution in [0.4, 0.5) is 8.78 Å². The van der Waals surface area contributed by atoms with Crippen LogP contribution >= 0.6 is 11.3 Å². The van der Waals surface area contributed by atoms with Gasteiger partial charge >= 0.3 is 6.61 Å². The fourth-order valence-corrected chi connectivity index (χ4v) is 3.65. The minimum absolute atomic E-state index is 0.0725. The predicted octanol–water partition coefficient (Wildman–Crippen LogP) is 5.24. The van der Waals surface area contributed by atoms with Gasteiger partial charge in [-0.2, -0.15) is 14.0 Å². The summed E-state index contributed by atoms with van der Waals surface area (Å²) in [5.41, 5.74) is 1.02. The molecule has 33 heavy (non-hydrogen) atoms. The summed E-state index contributed by atoms with van der Waals surface area (Å²) in [7, 11) is 0. The minimum Gasteiger partial charge on any atom is -0.489 e. The fourth-order valence-electron chi connectivity index (χ4n) is 2.92. The molecule has 0 aliphatic rings. The maximum absolute atomic E-state index is 12.9. The highest BCUT2D eigenvalue weighted by molar-refractivity contribution is 7.15. The van der Waals surface area contributed by atoms with Gasteiger partial charge in [0.2, 0.25) is 0 Å². The Morgan fingerprint density at radius 2 is 2.15 bits per heavy atom. The average molecular weight is 475 g/mol. The number of alkyl halides is 2. The highest BCUT2D eigenvalue weighted by atomic mass is 32.1. The van der Waals surface area contributed by atoms with Crippen molar-refractivity contribution in [1.29, 1.82) is 5.26 Å². The van der Waals surface area contributed by atoms with Crippen LogP contribution in [-0.2, 0) is 0 Å². The van der Waals surface area contributed by atoms with Crippen molar-refractivity contribution in [2.24, 2.45) is 5.41 Å². The summed E-state index contributed by atoms with van der Waals surface area (Å²) in [6, 6.07) is 6.69. The number of amides is 1. The highest BCUT2D eigenvalue weighted by Gasteiger charge is 2.20. The number of hydrogen-bond acceptors (Lipinski definition) is 6. The van der Waals surface area contributed by atoms with Crippen molar-refractivity contribution < 1.29 is 23.0 Å². The monoisotopic (exact) mass is 474 g/mol. The van der Waals surface area contributed by atoms with Crippen LogP contribution < -0.4 is 14.8 Å². The third-order valence-electron chi connectivity index (χ3n) is 4.32. The summed E-state index contributed by atoms with van der Waals surface area (Å²) in [6.07, 6.45) is 5.20. The Balaban J connectivity index is 1.97. The number of halogens is 2. The molecule has 1 amide bonds. The Bertz CT molecular complexity index is 1190. The number of aromatic nitrogens is 2. The summed E-state index contributed by atoms with van der Waals surface area (Å²) in [5, 5.41) is 13.2. The average Bonchev–Trinajstić information content (AvgIpc) is 3.31. The van der Waals surface area contributed by atoms with Crippen molar-refractivity contribution in [3.8, 4) is 17.6 Å². The highest BCUT2D eigenvalue weighted by Crippen LogP contribution is 2.35. The zero-order valence-electron chi connectivity index (χ0n) is 18.5. The Morgan fingerprint density at radius 1 is 1.36 bits per heavy atom. The number of carbonyl (C=O) groups excluding carboxylic acids is 1. The Hall–Kier alpha value is -3.45. The number of hydrogen-bond donors (Lipinski definition) is 1. The molecule has 0 saturated heterocycles. The number of benzene rings is 1. The SMILES string of the molecule is CC(C)(C)COc1c(C=Cc2nc3sccn3c2C(=O)NCCC#N)cccc1OC(F)F. The van der Waals surface area contributed by atoms with Crippen LogP contribution in [0.1, 0.15) is 48.9 Å². The lowest BCUT2D eigenvalue weighted by Gasteiger charge is -2.21. The first kappa shape index (κ1) is 24.2. The molecule has 2 aromatic heterocycles. The van der Waals surface area contributed by atoms with E-state index >= 15 is 0 Å². The number of fused-ring (bicyclic) bond motifs is 1. The van der Waals surface area contributed by atoms with Crippen LogP contribution in [0.15, 0.2) is 29.8 Å². The number of carbonyl (C=O) groups is 1. The predicted molar refractivity (Wildman–Crippen MR) is 123 cm³/mol. The van der Waals surface area contributed by atoms with Crippen molar-refractivity contribution in [3.63, 3.8) is 0 Å². The van der Waals surface area contributed by atoms with E-state index in [1.165, 1.54) is 17.4 Å². The smallest absolute Gasteiger partial charge is 0.387 e. The lowest BCUT2D eigenvalue weighted by Crippen LogP contribution is -2.26. The number of nitriles is 1. The van der Waals surface area contributed by atoms with Gasteiger partial charge in [0.05, 0.1) is 24.8 Å². The van der Waals surface area contributed by atoms with E-state index in [9.17, 15) is 13.6 Å². The molecule has 0 unspecified atom stereocenters. The maximum atomic E-state index is 12.9. The molecule has 10 heteroatoms. The molecule has 3 aromatic rings. The number of imidazole rings is 1. The number of rotatable bonds is 9. The molecule has 1 N–H and O–H groups in total. The molecule has 0 bridgehead atoms. The first-order valence-electron chi connectivity index (χ1n) is 10.2. The van der Waals surface area contributed by atoms with Gasteiger partial charge in [-0.15, -0.1) is 11.3 Å². The third kappa shape index (κ3) is 6.29. The molecule has 0 aliphatic carbocycles. The molecular formula is C23H24F2N4O3S. The van der Waals surface area contributed by atoms with Gasteiger partial charge in [-0.3, -0.25) is 9.20 Å². The number of nitrogens with one attached hydrogen (secondary N) is 1. The number of para-hydroxylation sites is 1. The van der Waals surface area contributed by atoms with Crippen LogP contribution in [0.5, 0.6) is 11.5 Å². The van der Waals surface area contributed by atoms with E-state index in [0.29, 0.717) is 21.9 Å². The number of nitrogens with zero attached hydrogens (tertiary/aromatic N) is 3. The number of ether oxygens (including phenoxy) is 2. The summed E-state index contributed by atoms with van der Waals surface area (Å²) in [5.74, 6) is -0.253. The zero-order valence-corrected chi connectivity index (χ0v) is 19.3. The second-order valence-corrected chi connectivity index (χ2v) is 9.17. The summed E-state index contributed by atoms with van der Waals surface area (Å²) in [6.45, 7) is 3.40. The van der Waals surface area contributed by atoms with E-state index in [-0.39, 0.29) is 42.4 Å². The quantitative estimate of drug-likeness (QED) is 0.429. The van der Waals surface area contributed by atoms with Gasteiger partial charge in [0.25, 0.3) is 5.91 Å². The van der Waals surface area contributed by atoms with Gasteiger partial charge in [0.1, 0.15) is 5.69 Å². The lowest BCUT2D eigenvalue weighted by molar-refractivity contribution is -0.0517. The van der Waals surface area contributed by atoms with Crippen LogP contribution in [-0.4, -0.2) is 35.1 Å². The third-order valence-corrected chi connectivity index (χ3v) is 5.08. The van der Waals surface area contributed by atoms with Gasteiger partial charge in [0.15, 0.2) is 16.5 Å². The maximum Gasteiger partial charge on any atom is 0.387 e. The summed E-state index contributed by atoms with van der Waals surface area (Å²) in [4.78, 5) is 17.9. The van der Waals surface area contributed by atoms with E-state index in [4.69, 9.17) is 10.00 Å². The fraction of sp³-hybridized carbons (Fsp3) is 0.348. The molecule has 0 aliphatic heterocycles. The molecule has 1 aromatic carbocycles. The van der Waals surface area contributed by atoms with Crippen LogP contribution in [0.25, 0.3) is 17.1 Å². The Morgan fingerprint density at radius 3 is 2.85 bits per heavy atom. The first-order chi connectivity index (χ1) is 15.7. The van der Waals surface area contributed by atoms with Crippen molar-refractivity contribution in [1.82, 2.24) is 14.7 Å². The van der Waals surface area contributed by atoms with Crippen LogP contribution in [0, 0.1) is 16.7 Å². The topological polar surface area (TPSA) is 88.7 Å². The molecule has 0 atom stereocenters. The van der Waals surface area contributed by atoms with Crippen molar-refractivity contribution in [2.75, 3.05) is 13.2 Å². The molecule has 0 fully saturated rings. The molecule has 0 spiro atoms. The van der Waals surface area contributed by atoms with E-state index in [1.54, 1.807) is 34.9 Å². The Kier molecular flexibility index (Phi) is 7.66. The van der Waals surface area contributed by atoms with E-state index in [2.05, 4.69) is 15.0 Å². The minimum atomic E-state index is -3.00. The molecule has 0 radical (unpaired) electrons. The second kappa shape index (κ2) is 10.4. The van der Waals surface area contributed by atoms with Crippen LogP contribution in [0.2, 0.25) is 0 Å². The molecular weight excluding hydrogens is 450 g/mol. The normalized spacial score (nSPS) is 11.8. The van der Waals surface area contributed by atoms with Crippen molar-refractivity contribution in [2.45, 2.75) is 33.8 Å². The van der Waals surface area contributed by atoms with Gasteiger partial charge in [-0.25, -0.2) is 4.98 Å². The van der Waals surface area contributed by atoms with Gasteiger partial charge < -0.3 is 14.8 Å². The lowest BCUT2D eigenvalue weighted by atomic mass is 9.98.